The molecule has 158 valence electrons. The Morgan fingerprint density at radius 2 is 1.50 bits per heavy atom. The summed E-state index contributed by atoms with van der Waals surface area (Å²) in [4.78, 5) is 9.29. The van der Waals surface area contributed by atoms with E-state index in [9.17, 15) is 22.6 Å². The third kappa shape index (κ3) is 17.2. The molecule has 6 nitrogen and oxygen atoms in total. The lowest BCUT2D eigenvalue weighted by Crippen LogP contribution is -2.28. The summed E-state index contributed by atoms with van der Waals surface area (Å²) < 4.78 is 66.6. The maximum Gasteiger partial charge on any atom is 0.472 e. The predicted molar refractivity (Wildman–Crippen MR) is 92.0 cm³/mol. The van der Waals surface area contributed by atoms with E-state index in [1.165, 1.54) is 32.1 Å². The Morgan fingerprint density at radius 1 is 0.962 bits per heavy atom. The zero-order chi connectivity index (χ0) is 19.9. The van der Waals surface area contributed by atoms with E-state index in [1.54, 1.807) is 0 Å². The SMILES string of the molecule is CCCCCCCCCCOC[C@@H](COCC(F)(F)F)OP(=O)(O)OC. The molecule has 0 aromatic heterocycles. The number of phosphoric ester groups is 1. The maximum atomic E-state index is 12.1. The van der Waals surface area contributed by atoms with Crippen molar-refractivity contribution in [1.29, 1.82) is 0 Å². The Morgan fingerprint density at radius 3 is 2.04 bits per heavy atom. The molecule has 0 rings (SSSR count). The van der Waals surface area contributed by atoms with Gasteiger partial charge in [-0.15, -0.1) is 0 Å². The van der Waals surface area contributed by atoms with E-state index < -0.39 is 33.3 Å². The highest BCUT2D eigenvalue weighted by molar-refractivity contribution is 7.47. The van der Waals surface area contributed by atoms with E-state index in [0.717, 1.165) is 26.4 Å². The summed E-state index contributed by atoms with van der Waals surface area (Å²) in [5.74, 6) is 0. The lowest BCUT2D eigenvalue weighted by molar-refractivity contribution is -0.180. The average Bonchev–Trinajstić information content (AvgIpc) is 2.55. The van der Waals surface area contributed by atoms with Crippen LogP contribution in [0.5, 0.6) is 0 Å². The minimum Gasteiger partial charge on any atom is -0.379 e. The smallest absolute Gasteiger partial charge is 0.379 e. The highest BCUT2D eigenvalue weighted by Crippen LogP contribution is 2.43. The van der Waals surface area contributed by atoms with Crippen molar-refractivity contribution in [3.8, 4) is 0 Å². The molecule has 0 aromatic rings. The Kier molecular flexibility index (Phi) is 14.7. The molecule has 0 spiro atoms. The Labute approximate surface area is 154 Å². The number of alkyl halides is 3. The van der Waals surface area contributed by atoms with Gasteiger partial charge in [0, 0.05) is 13.7 Å². The summed E-state index contributed by atoms with van der Waals surface area (Å²) in [6.45, 7) is 0.433. The summed E-state index contributed by atoms with van der Waals surface area (Å²) in [6.07, 6.45) is 3.45. The van der Waals surface area contributed by atoms with Gasteiger partial charge in [0.15, 0.2) is 0 Å². The fraction of sp³-hybridized carbons (Fsp3) is 1.00. The number of hydrogen-bond acceptors (Lipinski definition) is 5. The number of hydrogen-bond donors (Lipinski definition) is 1. The molecule has 0 aromatic carbocycles. The van der Waals surface area contributed by atoms with Crippen LogP contribution < -0.4 is 0 Å². The molecule has 0 saturated carbocycles. The molecule has 0 aliphatic rings. The summed E-state index contributed by atoms with van der Waals surface area (Å²) in [7, 11) is -3.36. The largest absolute Gasteiger partial charge is 0.472 e. The molecule has 1 N–H and O–H groups in total. The first-order chi connectivity index (χ1) is 12.2. The molecule has 0 radical (unpaired) electrons. The number of phosphoric acid groups is 1. The van der Waals surface area contributed by atoms with Gasteiger partial charge in [0.25, 0.3) is 0 Å². The van der Waals surface area contributed by atoms with Crippen molar-refractivity contribution in [2.24, 2.45) is 0 Å². The Hall–Kier alpha value is -0.180. The topological polar surface area (TPSA) is 74.2 Å². The van der Waals surface area contributed by atoms with Crippen molar-refractivity contribution in [1.82, 2.24) is 0 Å². The van der Waals surface area contributed by atoms with E-state index in [0.29, 0.717) is 6.61 Å². The van der Waals surface area contributed by atoms with Gasteiger partial charge in [0.2, 0.25) is 0 Å². The van der Waals surface area contributed by atoms with Crippen LogP contribution in [0.4, 0.5) is 13.2 Å². The molecule has 0 aliphatic carbocycles. The first-order valence-electron chi connectivity index (χ1n) is 8.99. The molecule has 0 bridgehead atoms. The molecule has 0 amide bonds. The Balaban J connectivity index is 3.94. The second-order valence-electron chi connectivity index (χ2n) is 6.06. The standard InChI is InChI=1S/C16H32F3O6P/c1-3-4-5-6-7-8-9-10-11-23-12-15(25-26(20,21)22-2)13-24-14-16(17,18)19/h15H,3-14H2,1-2H3,(H,20,21)/t15-/m0/s1. The van der Waals surface area contributed by atoms with E-state index >= 15 is 0 Å². The molecule has 0 aliphatic heterocycles. The van der Waals surface area contributed by atoms with Crippen molar-refractivity contribution >= 4 is 7.82 Å². The summed E-state index contributed by atoms with van der Waals surface area (Å²) in [5.41, 5.74) is 0. The van der Waals surface area contributed by atoms with Gasteiger partial charge in [-0.05, 0) is 6.42 Å². The molecule has 0 saturated heterocycles. The van der Waals surface area contributed by atoms with Crippen LogP contribution >= 0.6 is 7.82 Å². The van der Waals surface area contributed by atoms with Crippen molar-refractivity contribution in [2.75, 3.05) is 33.5 Å². The zero-order valence-corrected chi connectivity index (χ0v) is 16.5. The van der Waals surface area contributed by atoms with Gasteiger partial charge in [0.05, 0.1) is 13.2 Å². The maximum absolute atomic E-state index is 12.1. The van der Waals surface area contributed by atoms with Gasteiger partial charge >= 0.3 is 14.0 Å². The van der Waals surface area contributed by atoms with Gasteiger partial charge in [0.1, 0.15) is 12.7 Å². The van der Waals surface area contributed by atoms with Crippen LogP contribution in [0, 0.1) is 0 Å². The first kappa shape index (κ1) is 25.8. The molecular weight excluding hydrogens is 376 g/mol. The second-order valence-corrected chi connectivity index (χ2v) is 7.57. The van der Waals surface area contributed by atoms with Gasteiger partial charge in [-0.3, -0.25) is 9.05 Å². The summed E-state index contributed by atoms with van der Waals surface area (Å²) in [6, 6.07) is 0. The number of halogens is 3. The van der Waals surface area contributed by atoms with Crippen molar-refractivity contribution in [2.45, 2.75) is 70.6 Å². The van der Waals surface area contributed by atoms with Crippen molar-refractivity contribution in [3.05, 3.63) is 0 Å². The van der Waals surface area contributed by atoms with Gasteiger partial charge < -0.3 is 14.4 Å². The molecule has 1 unspecified atom stereocenters. The average molecular weight is 408 g/mol. The highest BCUT2D eigenvalue weighted by Gasteiger charge is 2.30. The second kappa shape index (κ2) is 14.8. The third-order valence-electron chi connectivity index (χ3n) is 3.53. The monoisotopic (exact) mass is 408 g/mol. The van der Waals surface area contributed by atoms with Crippen LogP contribution in [0.3, 0.4) is 0 Å². The molecule has 26 heavy (non-hydrogen) atoms. The Bertz CT molecular complexity index is 381. The van der Waals surface area contributed by atoms with Gasteiger partial charge in [-0.25, -0.2) is 4.57 Å². The van der Waals surface area contributed by atoms with Crippen molar-refractivity contribution < 1.29 is 41.2 Å². The fourth-order valence-corrected chi connectivity index (χ4v) is 2.78. The number of rotatable bonds is 17. The van der Waals surface area contributed by atoms with Crippen LogP contribution in [-0.2, 0) is 23.1 Å². The van der Waals surface area contributed by atoms with Crippen LogP contribution in [0.15, 0.2) is 0 Å². The van der Waals surface area contributed by atoms with E-state index in [1.807, 2.05) is 0 Å². The normalized spacial score (nSPS) is 15.8. The zero-order valence-electron chi connectivity index (χ0n) is 15.6. The van der Waals surface area contributed by atoms with E-state index in [-0.39, 0.29) is 6.61 Å². The molecule has 2 atom stereocenters. The van der Waals surface area contributed by atoms with Gasteiger partial charge in [-0.2, -0.15) is 13.2 Å². The lowest BCUT2D eigenvalue weighted by atomic mass is 10.1. The number of unbranched alkanes of at least 4 members (excludes halogenated alkanes) is 7. The first-order valence-corrected chi connectivity index (χ1v) is 10.5. The predicted octanol–water partition coefficient (Wildman–Crippen LogP) is 4.85. The summed E-state index contributed by atoms with van der Waals surface area (Å²) in [5, 5.41) is 0. The van der Waals surface area contributed by atoms with Crippen LogP contribution in [-0.4, -0.2) is 50.7 Å². The molecular formula is C16H32F3O6P. The van der Waals surface area contributed by atoms with Gasteiger partial charge in [-0.1, -0.05) is 51.9 Å². The molecule has 0 heterocycles. The molecule has 0 fully saturated rings. The van der Waals surface area contributed by atoms with E-state index in [4.69, 9.17) is 9.26 Å². The molecule has 10 heteroatoms. The third-order valence-corrected chi connectivity index (χ3v) is 4.55. The van der Waals surface area contributed by atoms with E-state index in [2.05, 4.69) is 16.2 Å². The minimum absolute atomic E-state index is 0.151. The minimum atomic E-state index is -4.48. The van der Waals surface area contributed by atoms with Crippen LogP contribution in [0.1, 0.15) is 58.3 Å². The fourth-order valence-electron chi connectivity index (χ4n) is 2.20. The summed E-state index contributed by atoms with van der Waals surface area (Å²) >= 11 is 0. The van der Waals surface area contributed by atoms with Crippen LogP contribution in [0.2, 0.25) is 0 Å². The lowest BCUT2D eigenvalue weighted by Gasteiger charge is -2.20. The highest BCUT2D eigenvalue weighted by atomic mass is 31.2. The van der Waals surface area contributed by atoms with Crippen molar-refractivity contribution in [3.63, 3.8) is 0 Å². The quantitative estimate of drug-likeness (QED) is 0.274. The van der Waals surface area contributed by atoms with Crippen LogP contribution in [0.25, 0.3) is 0 Å². The number of ether oxygens (including phenoxy) is 2.